The summed E-state index contributed by atoms with van der Waals surface area (Å²) in [6.07, 6.45) is 0. The number of benzene rings is 2. The van der Waals surface area contributed by atoms with Crippen molar-refractivity contribution in [2.24, 2.45) is 4.99 Å². The summed E-state index contributed by atoms with van der Waals surface area (Å²) in [5.41, 5.74) is 1.68. The first kappa shape index (κ1) is 24.3. The monoisotopic (exact) mass is 512 g/mol. The number of carbonyl (C=O) groups is 1. The van der Waals surface area contributed by atoms with E-state index >= 15 is 0 Å². The molecule has 2 aromatic rings. The molecule has 2 rings (SSSR count). The van der Waals surface area contributed by atoms with Crippen LogP contribution in [0.5, 0.6) is 0 Å². The highest BCUT2D eigenvalue weighted by Crippen LogP contribution is 2.15. The molecule has 2 aromatic carbocycles. The van der Waals surface area contributed by atoms with Crippen LogP contribution in [0.4, 0.5) is 0 Å². The molecule has 0 bridgehead atoms. The molecule has 0 saturated heterocycles. The molecule has 0 saturated carbocycles. The number of amides is 1. The van der Waals surface area contributed by atoms with Crippen LogP contribution in [0.2, 0.25) is 0 Å². The normalized spacial score (nSPS) is 10.7. The Hall–Kier alpha value is -1.74. The molecule has 0 aliphatic rings. The van der Waals surface area contributed by atoms with Crippen molar-refractivity contribution in [3.8, 4) is 0 Å². The van der Waals surface area contributed by atoms with Crippen LogP contribution in [0.1, 0.15) is 29.8 Å². The van der Waals surface area contributed by atoms with E-state index in [4.69, 9.17) is 0 Å². The molecular formula is C21H29IN4OS. The molecule has 152 valence electrons. The number of rotatable bonds is 9. The van der Waals surface area contributed by atoms with Gasteiger partial charge in [-0.15, -0.1) is 35.7 Å². The van der Waals surface area contributed by atoms with E-state index in [1.54, 1.807) is 0 Å². The van der Waals surface area contributed by atoms with E-state index in [0.29, 0.717) is 18.7 Å². The van der Waals surface area contributed by atoms with Gasteiger partial charge in [-0.1, -0.05) is 30.3 Å². The zero-order valence-electron chi connectivity index (χ0n) is 16.4. The van der Waals surface area contributed by atoms with Gasteiger partial charge in [-0.2, -0.15) is 0 Å². The van der Waals surface area contributed by atoms with Crippen molar-refractivity contribution in [3.63, 3.8) is 0 Å². The highest BCUT2D eigenvalue weighted by molar-refractivity contribution is 14.0. The van der Waals surface area contributed by atoms with Gasteiger partial charge in [0.05, 0.1) is 6.54 Å². The van der Waals surface area contributed by atoms with Crippen LogP contribution < -0.4 is 16.0 Å². The number of nitrogens with zero attached hydrogens (tertiary/aromatic N) is 1. The number of hydrogen-bond acceptors (Lipinski definition) is 3. The first-order chi connectivity index (χ1) is 13.2. The topological polar surface area (TPSA) is 65.5 Å². The molecule has 0 fully saturated rings. The summed E-state index contributed by atoms with van der Waals surface area (Å²) in [5.74, 6) is 1.70. The molecule has 0 radical (unpaired) electrons. The van der Waals surface area contributed by atoms with Gasteiger partial charge in [0.15, 0.2) is 5.96 Å². The zero-order chi connectivity index (χ0) is 19.3. The molecule has 28 heavy (non-hydrogen) atoms. The predicted octanol–water partition coefficient (Wildman–Crippen LogP) is 3.90. The van der Waals surface area contributed by atoms with E-state index in [-0.39, 0.29) is 29.9 Å². The third kappa shape index (κ3) is 8.97. The van der Waals surface area contributed by atoms with Crippen LogP contribution in [0.25, 0.3) is 0 Å². The Morgan fingerprint density at radius 3 is 2.43 bits per heavy atom. The van der Waals surface area contributed by atoms with Crippen LogP contribution >= 0.6 is 35.7 Å². The van der Waals surface area contributed by atoms with Crippen molar-refractivity contribution in [3.05, 3.63) is 65.7 Å². The fourth-order valence-electron chi connectivity index (χ4n) is 2.44. The van der Waals surface area contributed by atoms with Gasteiger partial charge in [-0.25, -0.2) is 4.99 Å². The average molecular weight is 512 g/mol. The Labute approximate surface area is 189 Å². The second-order valence-electron chi connectivity index (χ2n) is 5.84. The van der Waals surface area contributed by atoms with E-state index < -0.39 is 0 Å². The molecule has 0 aliphatic heterocycles. The largest absolute Gasteiger partial charge is 0.357 e. The Morgan fingerprint density at radius 2 is 1.71 bits per heavy atom. The summed E-state index contributed by atoms with van der Waals surface area (Å²) in [4.78, 5) is 17.9. The highest BCUT2D eigenvalue weighted by atomic mass is 127. The Morgan fingerprint density at radius 1 is 0.964 bits per heavy atom. The van der Waals surface area contributed by atoms with Crippen LogP contribution in [0.3, 0.4) is 0 Å². The zero-order valence-corrected chi connectivity index (χ0v) is 19.6. The molecule has 0 heterocycles. The van der Waals surface area contributed by atoms with E-state index in [1.165, 1.54) is 4.90 Å². The molecule has 0 aliphatic carbocycles. The maximum Gasteiger partial charge on any atom is 0.251 e. The summed E-state index contributed by atoms with van der Waals surface area (Å²) in [7, 11) is 0. The fourth-order valence-corrected chi connectivity index (χ4v) is 3.23. The molecule has 0 spiro atoms. The third-order valence-electron chi connectivity index (χ3n) is 3.70. The van der Waals surface area contributed by atoms with Crippen LogP contribution in [0.15, 0.2) is 64.5 Å². The Bertz CT molecular complexity index is 740. The first-order valence-electron chi connectivity index (χ1n) is 9.30. The highest BCUT2D eigenvalue weighted by Gasteiger charge is 2.05. The maximum absolute atomic E-state index is 12.0. The fraction of sp³-hybridized carbons (Fsp3) is 0.333. The second-order valence-corrected chi connectivity index (χ2v) is 7.01. The lowest BCUT2D eigenvalue weighted by atomic mass is 10.1. The number of carbonyl (C=O) groups excluding carboxylic acids is 1. The third-order valence-corrected chi connectivity index (χ3v) is 4.71. The quantitative estimate of drug-likeness (QED) is 0.157. The van der Waals surface area contributed by atoms with Gasteiger partial charge in [-0.3, -0.25) is 4.79 Å². The van der Waals surface area contributed by atoms with Crippen molar-refractivity contribution in [2.75, 3.05) is 25.4 Å². The van der Waals surface area contributed by atoms with Crippen LogP contribution in [-0.4, -0.2) is 37.3 Å². The number of thioether (sulfide) groups is 1. The van der Waals surface area contributed by atoms with Gasteiger partial charge >= 0.3 is 0 Å². The van der Waals surface area contributed by atoms with Gasteiger partial charge in [0.2, 0.25) is 0 Å². The molecule has 3 N–H and O–H groups in total. The second kappa shape index (κ2) is 14.3. The molecular weight excluding hydrogens is 483 g/mol. The number of halogens is 1. The SMILES string of the molecule is CCNC(=O)c1cccc(CN=C(NCC)NCCSc2ccccc2)c1.I. The van der Waals surface area contributed by atoms with Gasteiger partial charge in [0, 0.05) is 35.8 Å². The van der Waals surface area contributed by atoms with Gasteiger partial charge in [-0.05, 0) is 43.7 Å². The lowest BCUT2D eigenvalue weighted by Crippen LogP contribution is -2.38. The Kier molecular flexibility index (Phi) is 12.4. The number of hydrogen-bond donors (Lipinski definition) is 3. The predicted molar refractivity (Wildman–Crippen MR) is 130 cm³/mol. The summed E-state index contributed by atoms with van der Waals surface area (Å²) in [5, 5.41) is 9.44. The van der Waals surface area contributed by atoms with Crippen molar-refractivity contribution >= 4 is 47.6 Å². The lowest BCUT2D eigenvalue weighted by Gasteiger charge is -2.11. The van der Waals surface area contributed by atoms with Gasteiger partial charge < -0.3 is 16.0 Å². The molecule has 5 nitrogen and oxygen atoms in total. The molecule has 1 amide bonds. The molecule has 0 atom stereocenters. The van der Waals surface area contributed by atoms with E-state index in [2.05, 4.69) is 45.2 Å². The number of guanidine groups is 1. The standard InChI is InChI=1S/C21H28N4OS.HI/c1-3-22-20(26)18-10-8-9-17(15-18)16-25-21(23-4-2)24-13-14-27-19-11-6-5-7-12-19;/h5-12,15H,3-4,13-14,16H2,1-2H3,(H,22,26)(H2,23,24,25);1H. The lowest BCUT2D eigenvalue weighted by molar-refractivity contribution is 0.0955. The average Bonchev–Trinajstić information content (AvgIpc) is 2.70. The van der Waals surface area contributed by atoms with Crippen LogP contribution in [0, 0.1) is 0 Å². The first-order valence-corrected chi connectivity index (χ1v) is 10.3. The van der Waals surface area contributed by atoms with Crippen molar-refractivity contribution < 1.29 is 4.79 Å². The Balaban J connectivity index is 0.00000392. The molecule has 0 aromatic heterocycles. The maximum atomic E-state index is 12.0. The summed E-state index contributed by atoms with van der Waals surface area (Å²) in [6.45, 7) is 6.73. The van der Waals surface area contributed by atoms with Crippen LogP contribution in [-0.2, 0) is 6.54 Å². The summed E-state index contributed by atoms with van der Waals surface area (Å²) >= 11 is 1.82. The molecule has 0 unspecified atom stereocenters. The van der Waals surface area contributed by atoms with E-state index in [1.807, 2.05) is 55.9 Å². The van der Waals surface area contributed by atoms with Crippen molar-refractivity contribution in [2.45, 2.75) is 25.3 Å². The van der Waals surface area contributed by atoms with E-state index in [9.17, 15) is 4.79 Å². The summed E-state index contributed by atoms with van der Waals surface area (Å²) < 4.78 is 0. The van der Waals surface area contributed by atoms with Gasteiger partial charge in [0.1, 0.15) is 0 Å². The number of aliphatic imine (C=N–C) groups is 1. The minimum atomic E-state index is -0.0497. The summed E-state index contributed by atoms with van der Waals surface area (Å²) in [6, 6.07) is 18.0. The van der Waals surface area contributed by atoms with Gasteiger partial charge in [0.25, 0.3) is 5.91 Å². The molecule has 7 heteroatoms. The van der Waals surface area contributed by atoms with E-state index in [0.717, 1.165) is 30.4 Å². The smallest absolute Gasteiger partial charge is 0.251 e. The van der Waals surface area contributed by atoms with Crippen molar-refractivity contribution in [1.29, 1.82) is 0 Å². The van der Waals surface area contributed by atoms with Crippen molar-refractivity contribution in [1.82, 2.24) is 16.0 Å². The number of nitrogens with one attached hydrogen (secondary N) is 3. The minimum absolute atomic E-state index is 0. The minimum Gasteiger partial charge on any atom is -0.357 e.